The molecule has 0 fully saturated rings. The molecule has 3 rings (SSSR count). The van der Waals surface area contributed by atoms with E-state index < -0.39 is 0 Å². The van der Waals surface area contributed by atoms with Crippen LogP contribution in [0.1, 0.15) is 15.9 Å². The molecular weight excluding hydrogens is 244 g/mol. The lowest BCUT2D eigenvalue weighted by atomic mass is 10.0. The van der Waals surface area contributed by atoms with E-state index in [0.717, 1.165) is 10.2 Å². The third-order valence-electron chi connectivity index (χ3n) is 2.70. The van der Waals surface area contributed by atoms with E-state index in [4.69, 9.17) is 5.73 Å². The Balaban J connectivity index is 2.06. The van der Waals surface area contributed by atoms with Gasteiger partial charge in [-0.25, -0.2) is 4.98 Å². The number of anilines is 1. The van der Waals surface area contributed by atoms with Crippen LogP contribution >= 0.6 is 11.3 Å². The topological polar surface area (TPSA) is 56.0 Å². The van der Waals surface area contributed by atoms with Gasteiger partial charge in [-0.1, -0.05) is 41.7 Å². The van der Waals surface area contributed by atoms with E-state index in [-0.39, 0.29) is 5.78 Å². The lowest BCUT2D eigenvalue weighted by Crippen LogP contribution is -2.00. The molecule has 1 heterocycles. The summed E-state index contributed by atoms with van der Waals surface area (Å²) in [5.74, 6) is 0.00377. The third-order valence-corrected chi connectivity index (χ3v) is 3.57. The van der Waals surface area contributed by atoms with Gasteiger partial charge in [-0.15, -0.1) is 0 Å². The zero-order valence-electron chi connectivity index (χ0n) is 9.46. The predicted molar refractivity (Wildman–Crippen MR) is 73.9 cm³/mol. The van der Waals surface area contributed by atoms with Crippen molar-refractivity contribution in [1.29, 1.82) is 0 Å². The highest BCUT2D eigenvalue weighted by molar-refractivity contribution is 7.22. The largest absolute Gasteiger partial charge is 0.375 e. The van der Waals surface area contributed by atoms with Crippen LogP contribution in [0.15, 0.2) is 48.5 Å². The number of thiazole rings is 1. The highest BCUT2D eigenvalue weighted by atomic mass is 32.1. The van der Waals surface area contributed by atoms with Crippen LogP contribution in [0.2, 0.25) is 0 Å². The van der Waals surface area contributed by atoms with Gasteiger partial charge in [0.15, 0.2) is 10.9 Å². The molecule has 0 amide bonds. The summed E-state index contributed by atoms with van der Waals surface area (Å²) in [6.45, 7) is 0. The van der Waals surface area contributed by atoms with Gasteiger partial charge >= 0.3 is 0 Å². The summed E-state index contributed by atoms with van der Waals surface area (Å²) < 4.78 is 0.997. The minimum Gasteiger partial charge on any atom is -0.375 e. The van der Waals surface area contributed by atoms with Crippen LogP contribution in [0, 0.1) is 0 Å². The first-order valence-corrected chi connectivity index (χ1v) is 6.31. The summed E-state index contributed by atoms with van der Waals surface area (Å²) in [6, 6.07) is 14.7. The number of aromatic nitrogens is 1. The van der Waals surface area contributed by atoms with Crippen LogP contribution in [-0.2, 0) is 0 Å². The summed E-state index contributed by atoms with van der Waals surface area (Å²) in [7, 11) is 0. The number of carbonyl (C=O) groups excluding carboxylic acids is 1. The number of hydrogen-bond acceptors (Lipinski definition) is 4. The first-order chi connectivity index (χ1) is 8.74. The van der Waals surface area contributed by atoms with Gasteiger partial charge < -0.3 is 5.73 Å². The van der Waals surface area contributed by atoms with E-state index in [1.807, 2.05) is 42.5 Å². The average Bonchev–Trinajstić information content (AvgIpc) is 2.78. The van der Waals surface area contributed by atoms with Gasteiger partial charge in [-0.05, 0) is 18.2 Å². The van der Waals surface area contributed by atoms with E-state index in [0.29, 0.717) is 16.3 Å². The predicted octanol–water partition coefficient (Wildman–Crippen LogP) is 3.11. The van der Waals surface area contributed by atoms with Gasteiger partial charge in [-0.2, -0.15) is 0 Å². The first kappa shape index (κ1) is 10.9. The lowest BCUT2D eigenvalue weighted by Gasteiger charge is -2.00. The standard InChI is InChI=1S/C14H10N2OS/c15-14-16-11-8-10(6-7-12(11)18-14)13(17)9-4-2-1-3-5-9/h1-8H,(H2,15,16). The fourth-order valence-corrected chi connectivity index (χ4v) is 2.56. The van der Waals surface area contributed by atoms with Crippen molar-refractivity contribution in [3.63, 3.8) is 0 Å². The number of benzene rings is 2. The number of nitrogens with two attached hydrogens (primary N) is 1. The smallest absolute Gasteiger partial charge is 0.193 e. The number of hydrogen-bond donors (Lipinski definition) is 1. The fraction of sp³-hybridized carbons (Fsp3) is 0. The van der Waals surface area contributed by atoms with Crippen molar-refractivity contribution >= 4 is 32.5 Å². The highest BCUT2D eigenvalue weighted by Gasteiger charge is 2.10. The Morgan fingerprint density at radius 2 is 1.83 bits per heavy atom. The molecule has 0 bridgehead atoms. The third kappa shape index (κ3) is 1.87. The van der Waals surface area contributed by atoms with Crippen molar-refractivity contribution in [3.8, 4) is 0 Å². The summed E-state index contributed by atoms with van der Waals surface area (Å²) in [5, 5.41) is 0.523. The molecule has 4 heteroatoms. The number of carbonyl (C=O) groups is 1. The number of fused-ring (bicyclic) bond motifs is 1. The first-order valence-electron chi connectivity index (χ1n) is 5.50. The molecule has 0 aliphatic carbocycles. The molecule has 0 saturated carbocycles. The van der Waals surface area contributed by atoms with Crippen molar-refractivity contribution < 1.29 is 4.79 Å². The molecule has 18 heavy (non-hydrogen) atoms. The number of nitrogen functional groups attached to an aromatic ring is 1. The second kappa shape index (κ2) is 4.23. The van der Waals surface area contributed by atoms with Crippen LogP contribution < -0.4 is 5.73 Å². The van der Waals surface area contributed by atoms with E-state index in [1.165, 1.54) is 11.3 Å². The normalized spacial score (nSPS) is 10.7. The van der Waals surface area contributed by atoms with Gasteiger partial charge in [0.05, 0.1) is 10.2 Å². The molecule has 1 aromatic heterocycles. The van der Waals surface area contributed by atoms with E-state index >= 15 is 0 Å². The minimum absolute atomic E-state index is 0.00377. The van der Waals surface area contributed by atoms with Gasteiger partial charge in [-0.3, -0.25) is 4.79 Å². The Hall–Kier alpha value is -2.20. The molecule has 0 atom stereocenters. The quantitative estimate of drug-likeness (QED) is 0.715. The van der Waals surface area contributed by atoms with Crippen LogP contribution in [0.4, 0.5) is 5.13 Å². The zero-order valence-corrected chi connectivity index (χ0v) is 10.3. The summed E-state index contributed by atoms with van der Waals surface area (Å²) in [5.41, 5.74) is 7.75. The minimum atomic E-state index is 0.00377. The molecular formula is C14H10N2OS. The molecule has 0 saturated heterocycles. The van der Waals surface area contributed by atoms with Gasteiger partial charge in [0.1, 0.15) is 0 Å². The molecule has 88 valence electrons. The molecule has 0 unspecified atom stereocenters. The molecule has 0 radical (unpaired) electrons. The average molecular weight is 254 g/mol. The molecule has 3 aromatic rings. The molecule has 3 nitrogen and oxygen atoms in total. The maximum absolute atomic E-state index is 12.2. The van der Waals surface area contributed by atoms with Gasteiger partial charge in [0.25, 0.3) is 0 Å². The molecule has 0 aliphatic heterocycles. The van der Waals surface area contributed by atoms with Crippen molar-refractivity contribution in [2.75, 3.05) is 5.73 Å². The van der Waals surface area contributed by atoms with Gasteiger partial charge in [0.2, 0.25) is 0 Å². The van der Waals surface area contributed by atoms with Gasteiger partial charge in [0, 0.05) is 11.1 Å². The van der Waals surface area contributed by atoms with Crippen molar-refractivity contribution in [2.24, 2.45) is 0 Å². The van der Waals surface area contributed by atoms with Crippen molar-refractivity contribution in [3.05, 3.63) is 59.7 Å². The fourth-order valence-electron chi connectivity index (χ4n) is 1.84. The number of rotatable bonds is 2. The van der Waals surface area contributed by atoms with Crippen LogP contribution in [0.5, 0.6) is 0 Å². The Kier molecular flexibility index (Phi) is 2.57. The summed E-state index contributed by atoms with van der Waals surface area (Å²) in [4.78, 5) is 16.4. The number of nitrogens with zero attached hydrogens (tertiary/aromatic N) is 1. The lowest BCUT2D eigenvalue weighted by molar-refractivity contribution is 0.103. The maximum atomic E-state index is 12.2. The maximum Gasteiger partial charge on any atom is 0.193 e. The van der Waals surface area contributed by atoms with Crippen molar-refractivity contribution in [1.82, 2.24) is 4.98 Å². The summed E-state index contributed by atoms with van der Waals surface area (Å²) >= 11 is 1.42. The Bertz CT molecular complexity index is 719. The Morgan fingerprint density at radius 1 is 1.06 bits per heavy atom. The van der Waals surface area contributed by atoms with Crippen LogP contribution in [0.25, 0.3) is 10.2 Å². The molecule has 0 aliphatic rings. The highest BCUT2D eigenvalue weighted by Crippen LogP contribution is 2.25. The summed E-state index contributed by atoms with van der Waals surface area (Å²) in [6.07, 6.45) is 0. The van der Waals surface area contributed by atoms with E-state index in [1.54, 1.807) is 6.07 Å². The Labute approximate surface area is 108 Å². The monoisotopic (exact) mass is 254 g/mol. The second-order valence-corrected chi connectivity index (χ2v) is 4.99. The van der Waals surface area contributed by atoms with E-state index in [2.05, 4.69) is 4.98 Å². The molecule has 2 aromatic carbocycles. The van der Waals surface area contributed by atoms with Crippen molar-refractivity contribution in [2.45, 2.75) is 0 Å². The molecule has 2 N–H and O–H groups in total. The second-order valence-electron chi connectivity index (χ2n) is 3.93. The SMILES string of the molecule is Nc1nc2cc(C(=O)c3ccccc3)ccc2s1. The van der Waals surface area contributed by atoms with E-state index in [9.17, 15) is 4.79 Å². The Morgan fingerprint density at radius 3 is 2.61 bits per heavy atom. The number of ketones is 1. The van der Waals surface area contributed by atoms with Crippen LogP contribution in [0.3, 0.4) is 0 Å². The zero-order chi connectivity index (χ0) is 12.5. The van der Waals surface area contributed by atoms with Crippen LogP contribution in [-0.4, -0.2) is 10.8 Å². The molecule has 0 spiro atoms.